The second-order valence-electron chi connectivity index (χ2n) is 5.03. The first-order chi connectivity index (χ1) is 8.70. The number of amides is 1. The largest absolute Gasteiger partial charge is 0.338 e. The molecule has 0 saturated carbocycles. The summed E-state index contributed by atoms with van der Waals surface area (Å²) in [5, 5.41) is 2.99. The van der Waals surface area contributed by atoms with Crippen molar-refractivity contribution in [2.24, 2.45) is 11.7 Å². The predicted octanol–water partition coefficient (Wildman–Crippen LogP) is 1.66. The summed E-state index contributed by atoms with van der Waals surface area (Å²) >= 11 is 1.61. The number of likely N-dealkylation sites (tertiary alicyclic amines) is 1. The molecule has 1 aromatic rings. The highest BCUT2D eigenvalue weighted by molar-refractivity contribution is 7.09. The summed E-state index contributed by atoms with van der Waals surface area (Å²) in [6.45, 7) is 3.67. The summed E-state index contributed by atoms with van der Waals surface area (Å²) in [5.41, 5.74) is 5.78. The van der Waals surface area contributed by atoms with Crippen molar-refractivity contribution in [2.75, 3.05) is 13.1 Å². The van der Waals surface area contributed by atoms with Crippen LogP contribution in [0, 0.1) is 5.92 Å². The summed E-state index contributed by atoms with van der Waals surface area (Å²) in [4.78, 5) is 18.4. The fourth-order valence-electron chi connectivity index (χ4n) is 2.54. The Morgan fingerprint density at radius 2 is 2.50 bits per heavy atom. The third-order valence-electron chi connectivity index (χ3n) is 3.61. The molecule has 0 aromatic carbocycles. The van der Waals surface area contributed by atoms with Gasteiger partial charge >= 0.3 is 0 Å². The molecule has 5 heteroatoms. The molecule has 1 amide bonds. The Kier molecular flexibility index (Phi) is 4.72. The number of hydrogen-bond donors (Lipinski definition) is 1. The zero-order chi connectivity index (χ0) is 13.0. The van der Waals surface area contributed by atoms with Crippen molar-refractivity contribution in [3.8, 4) is 0 Å². The Bertz CT molecular complexity index is 380. The highest BCUT2D eigenvalue weighted by atomic mass is 32.1. The molecule has 0 aliphatic carbocycles. The van der Waals surface area contributed by atoms with Gasteiger partial charge in [0.05, 0.1) is 5.01 Å². The summed E-state index contributed by atoms with van der Waals surface area (Å²) in [5.74, 6) is 0.911. The fraction of sp³-hybridized carbons (Fsp3) is 0.692. The maximum Gasteiger partial charge on any atom is 0.223 e. The van der Waals surface area contributed by atoms with Gasteiger partial charge in [0.1, 0.15) is 0 Å². The normalized spacial score (nSPS) is 24.2. The van der Waals surface area contributed by atoms with Gasteiger partial charge in [0.25, 0.3) is 0 Å². The van der Waals surface area contributed by atoms with E-state index in [0.717, 1.165) is 30.8 Å². The average Bonchev–Trinajstić information content (AvgIpc) is 2.88. The van der Waals surface area contributed by atoms with Crippen molar-refractivity contribution in [1.29, 1.82) is 0 Å². The molecular weight excluding hydrogens is 246 g/mol. The molecule has 1 aliphatic rings. The molecule has 2 heterocycles. The summed E-state index contributed by atoms with van der Waals surface area (Å²) in [6.07, 6.45) is 5.23. The number of nitrogens with zero attached hydrogens (tertiary/aromatic N) is 2. The van der Waals surface area contributed by atoms with E-state index in [-0.39, 0.29) is 11.9 Å². The number of thiazole rings is 1. The van der Waals surface area contributed by atoms with E-state index in [0.29, 0.717) is 18.9 Å². The summed E-state index contributed by atoms with van der Waals surface area (Å²) in [7, 11) is 0. The van der Waals surface area contributed by atoms with Crippen LogP contribution in [0.25, 0.3) is 0 Å². The van der Waals surface area contributed by atoms with Crippen molar-refractivity contribution in [3.63, 3.8) is 0 Å². The minimum absolute atomic E-state index is 0.229. The van der Waals surface area contributed by atoms with Crippen LogP contribution in [0.3, 0.4) is 0 Å². The van der Waals surface area contributed by atoms with Gasteiger partial charge in [0.2, 0.25) is 5.91 Å². The van der Waals surface area contributed by atoms with E-state index in [1.165, 1.54) is 0 Å². The molecule has 100 valence electrons. The van der Waals surface area contributed by atoms with E-state index >= 15 is 0 Å². The number of carbonyl (C=O) groups is 1. The van der Waals surface area contributed by atoms with E-state index in [4.69, 9.17) is 5.73 Å². The number of hydrogen-bond acceptors (Lipinski definition) is 4. The Morgan fingerprint density at radius 3 is 3.17 bits per heavy atom. The lowest BCUT2D eigenvalue weighted by molar-refractivity contribution is -0.135. The molecule has 2 N–H and O–H groups in total. The number of aryl methyl sites for hydroxylation is 1. The summed E-state index contributed by atoms with van der Waals surface area (Å²) < 4.78 is 0. The number of rotatable bonds is 4. The van der Waals surface area contributed by atoms with Gasteiger partial charge in [-0.1, -0.05) is 6.92 Å². The molecule has 0 spiro atoms. The van der Waals surface area contributed by atoms with E-state index in [9.17, 15) is 4.79 Å². The lowest BCUT2D eigenvalue weighted by Crippen LogP contribution is -2.49. The molecule has 2 rings (SSSR count). The van der Waals surface area contributed by atoms with E-state index in [1.54, 1.807) is 17.5 Å². The van der Waals surface area contributed by atoms with E-state index in [2.05, 4.69) is 11.9 Å². The molecule has 18 heavy (non-hydrogen) atoms. The van der Waals surface area contributed by atoms with Crippen LogP contribution in [0.1, 0.15) is 31.2 Å². The molecule has 0 bridgehead atoms. The predicted molar refractivity (Wildman–Crippen MR) is 73.4 cm³/mol. The first-order valence-corrected chi connectivity index (χ1v) is 7.46. The van der Waals surface area contributed by atoms with Crippen LogP contribution >= 0.6 is 11.3 Å². The molecule has 1 aromatic heterocycles. The van der Waals surface area contributed by atoms with Gasteiger partial charge in [-0.05, 0) is 18.8 Å². The Morgan fingerprint density at radius 1 is 1.67 bits per heavy atom. The molecule has 2 atom stereocenters. The first kappa shape index (κ1) is 13.5. The van der Waals surface area contributed by atoms with Crippen molar-refractivity contribution >= 4 is 17.2 Å². The highest BCUT2D eigenvalue weighted by Crippen LogP contribution is 2.23. The fourth-order valence-corrected chi connectivity index (χ4v) is 3.16. The van der Waals surface area contributed by atoms with Gasteiger partial charge in [0, 0.05) is 43.5 Å². The molecule has 2 unspecified atom stereocenters. The molecule has 1 aliphatic heterocycles. The van der Waals surface area contributed by atoms with Crippen LogP contribution in [0.2, 0.25) is 0 Å². The zero-order valence-corrected chi connectivity index (χ0v) is 11.7. The Hall–Kier alpha value is -0.940. The van der Waals surface area contributed by atoms with E-state index < -0.39 is 0 Å². The van der Waals surface area contributed by atoms with Crippen LogP contribution in [0.15, 0.2) is 11.6 Å². The topological polar surface area (TPSA) is 59.2 Å². The van der Waals surface area contributed by atoms with Gasteiger partial charge in [-0.2, -0.15) is 0 Å². The van der Waals surface area contributed by atoms with Gasteiger partial charge in [0.15, 0.2) is 0 Å². The zero-order valence-electron chi connectivity index (χ0n) is 10.8. The average molecular weight is 267 g/mol. The maximum atomic E-state index is 12.2. The van der Waals surface area contributed by atoms with Crippen LogP contribution in [-0.4, -0.2) is 34.9 Å². The second kappa shape index (κ2) is 6.29. The third kappa shape index (κ3) is 3.29. The molecule has 0 radical (unpaired) electrons. The van der Waals surface area contributed by atoms with Crippen molar-refractivity contribution in [2.45, 2.75) is 38.6 Å². The molecule has 4 nitrogen and oxygen atoms in total. The smallest absolute Gasteiger partial charge is 0.223 e. The number of nitrogens with two attached hydrogens (primary N) is 1. The monoisotopic (exact) mass is 267 g/mol. The van der Waals surface area contributed by atoms with Gasteiger partial charge in [-0.15, -0.1) is 11.3 Å². The first-order valence-electron chi connectivity index (χ1n) is 6.58. The minimum Gasteiger partial charge on any atom is -0.338 e. The second-order valence-corrected chi connectivity index (χ2v) is 6.01. The SMILES string of the molecule is CC1CCN(C(=O)CCc2nccs2)C(CN)C1. The molecule has 1 saturated heterocycles. The van der Waals surface area contributed by atoms with Gasteiger partial charge < -0.3 is 10.6 Å². The lowest BCUT2D eigenvalue weighted by atomic mass is 9.92. The van der Waals surface area contributed by atoms with Crippen LogP contribution < -0.4 is 5.73 Å². The number of aromatic nitrogens is 1. The van der Waals surface area contributed by atoms with Gasteiger partial charge in [-0.3, -0.25) is 4.79 Å². The van der Waals surface area contributed by atoms with Crippen LogP contribution in [-0.2, 0) is 11.2 Å². The van der Waals surface area contributed by atoms with Crippen molar-refractivity contribution in [3.05, 3.63) is 16.6 Å². The van der Waals surface area contributed by atoms with Gasteiger partial charge in [-0.25, -0.2) is 4.98 Å². The number of carbonyl (C=O) groups excluding carboxylic acids is 1. The molecular formula is C13H21N3OS. The van der Waals surface area contributed by atoms with Crippen molar-refractivity contribution < 1.29 is 4.79 Å². The quantitative estimate of drug-likeness (QED) is 0.902. The highest BCUT2D eigenvalue weighted by Gasteiger charge is 2.28. The summed E-state index contributed by atoms with van der Waals surface area (Å²) in [6, 6.07) is 0.234. The lowest BCUT2D eigenvalue weighted by Gasteiger charge is -2.38. The maximum absolute atomic E-state index is 12.2. The minimum atomic E-state index is 0.229. The Balaban J connectivity index is 1.87. The third-order valence-corrected chi connectivity index (χ3v) is 4.45. The Labute approximate surface area is 112 Å². The molecule has 1 fully saturated rings. The van der Waals surface area contributed by atoms with E-state index in [1.807, 2.05) is 10.3 Å². The number of piperidine rings is 1. The van der Waals surface area contributed by atoms with Crippen LogP contribution in [0.4, 0.5) is 0 Å². The standard InChI is InChI=1S/C13H21N3OS/c1-10-4-6-16(11(8-10)9-14)13(17)3-2-12-15-5-7-18-12/h5,7,10-11H,2-4,6,8-9,14H2,1H3. The van der Waals surface area contributed by atoms with Crippen LogP contribution in [0.5, 0.6) is 0 Å². The van der Waals surface area contributed by atoms with Crippen molar-refractivity contribution in [1.82, 2.24) is 9.88 Å².